The minimum atomic E-state index is 0.425. The molecule has 1 rings (SSSR count). The van der Waals surface area contributed by atoms with Crippen molar-refractivity contribution in [3.63, 3.8) is 0 Å². The van der Waals surface area contributed by atoms with E-state index in [-0.39, 0.29) is 0 Å². The molecule has 0 fully saturated rings. The van der Waals surface area contributed by atoms with E-state index in [1.54, 1.807) is 0 Å². The third kappa shape index (κ3) is 3.74. The topological polar surface area (TPSA) is 63.0 Å². The molecule has 0 amide bonds. The number of hydrogen-bond acceptors (Lipinski definition) is 5. The maximum Gasteiger partial charge on any atom is 0.315 e. The zero-order valence-electron chi connectivity index (χ0n) is 9.00. The van der Waals surface area contributed by atoms with Gasteiger partial charge in [0.05, 0.1) is 6.54 Å². The highest BCUT2D eigenvalue weighted by atomic mass is 16.4. The van der Waals surface area contributed by atoms with Crippen LogP contribution in [0.5, 0.6) is 0 Å². The fourth-order valence-corrected chi connectivity index (χ4v) is 0.920. The molecule has 14 heavy (non-hydrogen) atoms. The van der Waals surface area contributed by atoms with Gasteiger partial charge in [0, 0.05) is 12.6 Å². The molecule has 0 spiro atoms. The lowest BCUT2D eigenvalue weighted by Crippen LogP contribution is -2.21. The lowest BCUT2D eigenvalue weighted by molar-refractivity contribution is 0.458. The van der Waals surface area contributed by atoms with Crippen LogP contribution in [0.2, 0.25) is 0 Å². The van der Waals surface area contributed by atoms with Crippen molar-refractivity contribution in [1.29, 1.82) is 0 Å². The Hall–Kier alpha value is -1.10. The van der Waals surface area contributed by atoms with Crippen LogP contribution in [0.15, 0.2) is 4.42 Å². The van der Waals surface area contributed by atoms with Gasteiger partial charge in [-0.15, -0.1) is 5.10 Å². The molecule has 0 aliphatic heterocycles. The van der Waals surface area contributed by atoms with Crippen LogP contribution >= 0.6 is 0 Å². The van der Waals surface area contributed by atoms with Gasteiger partial charge in [0.25, 0.3) is 0 Å². The van der Waals surface area contributed by atoms with Gasteiger partial charge in [0.2, 0.25) is 5.89 Å². The first-order chi connectivity index (χ1) is 6.72. The van der Waals surface area contributed by atoms with Gasteiger partial charge >= 0.3 is 6.01 Å². The fraction of sp³-hybridized carbons (Fsp3) is 0.778. The molecule has 1 aromatic heterocycles. The monoisotopic (exact) mass is 198 g/mol. The predicted molar refractivity (Wildman–Crippen MR) is 55.1 cm³/mol. The first-order valence-corrected chi connectivity index (χ1v) is 5.02. The summed E-state index contributed by atoms with van der Waals surface area (Å²) in [5, 5.41) is 14.0. The molecule has 1 aromatic rings. The summed E-state index contributed by atoms with van der Waals surface area (Å²) in [7, 11) is 0. The first-order valence-electron chi connectivity index (χ1n) is 5.02. The van der Waals surface area contributed by atoms with Crippen LogP contribution in [0.3, 0.4) is 0 Å². The number of rotatable bonds is 6. The smallest absolute Gasteiger partial charge is 0.315 e. The second kappa shape index (κ2) is 5.59. The van der Waals surface area contributed by atoms with Crippen LogP contribution in [0.25, 0.3) is 0 Å². The standard InChI is InChI=1S/C9H18N4O/c1-4-5-10-9-13-12-8(14-9)6-11-7(2)3/h7,11H,4-6H2,1-3H3,(H,10,13). The quantitative estimate of drug-likeness (QED) is 0.723. The van der Waals surface area contributed by atoms with E-state index < -0.39 is 0 Å². The van der Waals surface area contributed by atoms with Gasteiger partial charge in [0.15, 0.2) is 0 Å². The summed E-state index contributed by atoms with van der Waals surface area (Å²) in [4.78, 5) is 0. The highest BCUT2D eigenvalue weighted by molar-refractivity contribution is 5.16. The van der Waals surface area contributed by atoms with Crippen molar-refractivity contribution in [2.45, 2.75) is 39.8 Å². The minimum absolute atomic E-state index is 0.425. The van der Waals surface area contributed by atoms with Crippen molar-refractivity contribution in [2.75, 3.05) is 11.9 Å². The predicted octanol–water partition coefficient (Wildman–Crippen LogP) is 1.39. The SMILES string of the molecule is CCCNc1nnc(CNC(C)C)o1. The molecule has 0 bridgehead atoms. The average Bonchev–Trinajstić information content (AvgIpc) is 2.59. The molecular formula is C9H18N4O. The molecule has 80 valence electrons. The van der Waals surface area contributed by atoms with Crippen LogP contribution in [-0.4, -0.2) is 22.8 Å². The van der Waals surface area contributed by atoms with Gasteiger partial charge < -0.3 is 15.1 Å². The minimum Gasteiger partial charge on any atom is -0.407 e. The van der Waals surface area contributed by atoms with Crippen molar-refractivity contribution in [2.24, 2.45) is 0 Å². The van der Waals surface area contributed by atoms with Crippen LogP contribution < -0.4 is 10.6 Å². The van der Waals surface area contributed by atoms with Gasteiger partial charge in [0.1, 0.15) is 0 Å². The van der Waals surface area contributed by atoms with E-state index in [4.69, 9.17) is 4.42 Å². The Morgan fingerprint density at radius 2 is 2.14 bits per heavy atom. The Morgan fingerprint density at radius 3 is 2.79 bits per heavy atom. The molecule has 0 radical (unpaired) electrons. The molecule has 0 atom stereocenters. The van der Waals surface area contributed by atoms with Gasteiger partial charge in [-0.3, -0.25) is 0 Å². The molecule has 0 saturated carbocycles. The Kier molecular flexibility index (Phi) is 4.39. The largest absolute Gasteiger partial charge is 0.407 e. The molecule has 0 aliphatic carbocycles. The van der Waals surface area contributed by atoms with Crippen molar-refractivity contribution in [3.8, 4) is 0 Å². The molecular weight excluding hydrogens is 180 g/mol. The molecule has 0 aromatic carbocycles. The van der Waals surface area contributed by atoms with E-state index >= 15 is 0 Å². The summed E-state index contributed by atoms with van der Waals surface area (Å²) in [5.74, 6) is 0.623. The molecule has 5 heteroatoms. The summed E-state index contributed by atoms with van der Waals surface area (Å²) in [6.07, 6.45) is 1.04. The van der Waals surface area contributed by atoms with E-state index in [9.17, 15) is 0 Å². The zero-order chi connectivity index (χ0) is 10.4. The molecule has 0 aliphatic rings. The van der Waals surface area contributed by atoms with E-state index in [0.29, 0.717) is 24.5 Å². The van der Waals surface area contributed by atoms with Crippen molar-refractivity contribution >= 4 is 6.01 Å². The van der Waals surface area contributed by atoms with Gasteiger partial charge in [-0.25, -0.2) is 0 Å². The summed E-state index contributed by atoms with van der Waals surface area (Å²) >= 11 is 0. The number of nitrogens with zero attached hydrogens (tertiary/aromatic N) is 2. The van der Waals surface area contributed by atoms with Crippen LogP contribution in [0, 0.1) is 0 Å². The third-order valence-electron chi connectivity index (χ3n) is 1.65. The summed E-state index contributed by atoms with van der Waals surface area (Å²) < 4.78 is 5.34. The number of hydrogen-bond donors (Lipinski definition) is 2. The first kappa shape index (κ1) is 11.0. The maximum absolute atomic E-state index is 5.34. The van der Waals surface area contributed by atoms with E-state index in [1.807, 2.05) is 0 Å². The molecule has 0 unspecified atom stereocenters. The molecule has 1 heterocycles. The Balaban J connectivity index is 2.35. The van der Waals surface area contributed by atoms with Gasteiger partial charge in [-0.05, 0) is 6.42 Å². The number of nitrogens with one attached hydrogen (secondary N) is 2. The van der Waals surface area contributed by atoms with Crippen molar-refractivity contribution < 1.29 is 4.42 Å². The van der Waals surface area contributed by atoms with Gasteiger partial charge in [-0.1, -0.05) is 25.9 Å². The molecule has 0 saturated heterocycles. The molecule has 2 N–H and O–H groups in total. The van der Waals surface area contributed by atoms with Gasteiger partial charge in [-0.2, -0.15) is 0 Å². The van der Waals surface area contributed by atoms with Crippen LogP contribution in [0.1, 0.15) is 33.1 Å². The highest BCUT2D eigenvalue weighted by Gasteiger charge is 2.04. The summed E-state index contributed by atoms with van der Waals surface area (Å²) in [5.41, 5.74) is 0. The zero-order valence-corrected chi connectivity index (χ0v) is 9.00. The summed E-state index contributed by atoms with van der Waals surface area (Å²) in [6, 6.07) is 0.932. The fourth-order valence-electron chi connectivity index (χ4n) is 0.920. The number of aromatic nitrogens is 2. The lowest BCUT2D eigenvalue weighted by Gasteiger charge is -2.03. The average molecular weight is 198 g/mol. The second-order valence-corrected chi connectivity index (χ2v) is 3.46. The van der Waals surface area contributed by atoms with E-state index in [2.05, 4.69) is 41.6 Å². The Labute approximate surface area is 84.3 Å². The number of anilines is 1. The second-order valence-electron chi connectivity index (χ2n) is 3.46. The van der Waals surface area contributed by atoms with Crippen molar-refractivity contribution in [1.82, 2.24) is 15.5 Å². The summed E-state index contributed by atoms with van der Waals surface area (Å²) in [6.45, 7) is 7.72. The van der Waals surface area contributed by atoms with Crippen LogP contribution in [0.4, 0.5) is 6.01 Å². The Bertz CT molecular complexity index is 259. The normalized spacial score (nSPS) is 10.9. The third-order valence-corrected chi connectivity index (χ3v) is 1.65. The van der Waals surface area contributed by atoms with Crippen LogP contribution in [-0.2, 0) is 6.54 Å². The van der Waals surface area contributed by atoms with E-state index in [0.717, 1.165) is 13.0 Å². The highest BCUT2D eigenvalue weighted by Crippen LogP contribution is 2.04. The Morgan fingerprint density at radius 1 is 1.36 bits per heavy atom. The van der Waals surface area contributed by atoms with Crippen molar-refractivity contribution in [3.05, 3.63) is 5.89 Å². The molecule has 5 nitrogen and oxygen atoms in total. The maximum atomic E-state index is 5.34. The lowest BCUT2D eigenvalue weighted by atomic mass is 10.4. The van der Waals surface area contributed by atoms with E-state index in [1.165, 1.54) is 0 Å².